The average molecular weight is 974 g/mol. The number of oxime groups is 1. The van der Waals surface area contributed by atoms with Gasteiger partial charge in [-0.2, -0.15) is 0 Å². The predicted octanol–water partition coefficient (Wildman–Crippen LogP) is -3.37. The molecule has 0 unspecified atom stereocenters. The Balaban J connectivity index is 0.000000515. The van der Waals surface area contributed by atoms with Gasteiger partial charge in [0.25, 0.3) is 11.8 Å². The molecule has 1 aromatic heterocycles. The highest BCUT2D eigenvalue weighted by atomic mass is 32.2. The summed E-state index contributed by atoms with van der Waals surface area (Å²) in [5.74, 6) is -4.59. The molecule has 5 heterocycles. The molecular formula is C34H43N11O15S4. The Labute approximate surface area is 375 Å². The van der Waals surface area contributed by atoms with E-state index in [2.05, 4.69) is 31.3 Å². The number of aliphatic hydroxyl groups excluding tert-OH is 5. The summed E-state index contributed by atoms with van der Waals surface area (Å²) in [5.41, 5.74) is 14.1. The summed E-state index contributed by atoms with van der Waals surface area (Å²) in [7, 11) is -2.65. The number of benzene rings is 1. The molecule has 0 radical (unpaired) electrons. The van der Waals surface area contributed by atoms with Crippen LogP contribution in [-0.2, 0) is 29.1 Å². The van der Waals surface area contributed by atoms with E-state index in [0.717, 1.165) is 39.4 Å². The zero-order chi connectivity index (χ0) is 47.2. The Morgan fingerprint density at radius 1 is 1.14 bits per heavy atom. The highest BCUT2D eigenvalue weighted by Crippen LogP contribution is 2.42. The summed E-state index contributed by atoms with van der Waals surface area (Å²) in [6.07, 6.45) is -2.51. The van der Waals surface area contributed by atoms with E-state index < -0.39 is 104 Å². The number of rotatable bonds is 17. The largest absolute Gasteiger partial charge is 0.504 e. The summed E-state index contributed by atoms with van der Waals surface area (Å²) in [4.78, 5) is 65.0. The number of hydrogen-bond acceptors (Lipinski definition) is 24. The number of carbonyl (C=O) groups excluding carboxylic acids is 3. The van der Waals surface area contributed by atoms with Crippen molar-refractivity contribution < 1.29 is 73.3 Å². The van der Waals surface area contributed by atoms with Gasteiger partial charge in [-0.25, -0.2) is 38.0 Å². The van der Waals surface area contributed by atoms with E-state index in [1.54, 1.807) is 20.0 Å². The van der Waals surface area contributed by atoms with Gasteiger partial charge in [-0.3, -0.25) is 14.5 Å². The predicted molar refractivity (Wildman–Crippen MR) is 229 cm³/mol. The Morgan fingerprint density at radius 2 is 1.84 bits per heavy atom. The third-order valence-corrected chi connectivity index (χ3v) is 13.6. The second-order valence-corrected chi connectivity index (χ2v) is 18.6. The Morgan fingerprint density at radius 3 is 2.45 bits per heavy atom. The number of aliphatic imine (C=N–C) groups is 1. The second-order valence-electron chi connectivity index (χ2n) is 13.7. The van der Waals surface area contributed by atoms with Crippen LogP contribution in [0.15, 0.2) is 73.0 Å². The number of nitrogen functional groups attached to an aromatic ring is 1. The van der Waals surface area contributed by atoms with Crippen molar-refractivity contribution >= 4 is 85.1 Å². The van der Waals surface area contributed by atoms with Crippen LogP contribution in [0.5, 0.6) is 11.5 Å². The van der Waals surface area contributed by atoms with Gasteiger partial charge >= 0.3 is 12.0 Å². The van der Waals surface area contributed by atoms with Crippen LogP contribution >= 0.6 is 34.9 Å². The Kier molecular flexibility index (Phi) is 16.2. The lowest BCUT2D eigenvalue weighted by molar-refractivity contribution is -0.150. The fourth-order valence-corrected chi connectivity index (χ4v) is 9.86. The fraction of sp³-hybridized carbons (Fsp3) is 0.382. The SMILES string of the molecule is CC1=NC2=CN(C(N)=O)NN2C(SCC2=C(C(=O)O)N3C(=O)[C@@H](NC(=O)/C(=N\OCS(=O)(=O)c4ccc(O)c(O)c4)c4csc(N)n4)[C@H]3SC2)=C1.CNC[C@H](O)[C@@H](O)[C@H](O)[C@H](O)CO. The van der Waals surface area contributed by atoms with Gasteiger partial charge in [0, 0.05) is 35.2 Å². The third kappa shape index (κ3) is 11.2. The van der Waals surface area contributed by atoms with Gasteiger partial charge in [0.1, 0.15) is 41.1 Å². The molecular weight excluding hydrogens is 931 g/mol. The van der Waals surface area contributed by atoms with Crippen molar-refractivity contribution in [3.8, 4) is 11.5 Å². The number of primary amides is 1. The maximum Gasteiger partial charge on any atom is 0.352 e. The third-order valence-electron chi connectivity index (χ3n) is 9.08. The van der Waals surface area contributed by atoms with Gasteiger partial charge in [0.15, 0.2) is 28.2 Å². The van der Waals surface area contributed by atoms with Crippen molar-refractivity contribution in [3.63, 3.8) is 0 Å². The molecule has 0 saturated carbocycles. The minimum Gasteiger partial charge on any atom is -0.504 e. The van der Waals surface area contributed by atoms with Gasteiger partial charge in [0.2, 0.25) is 15.8 Å². The van der Waals surface area contributed by atoms with Gasteiger partial charge in [0.05, 0.1) is 28.8 Å². The van der Waals surface area contributed by atoms with Crippen LogP contribution in [0.25, 0.3) is 0 Å². The number of sulfone groups is 1. The zero-order valence-electron chi connectivity index (χ0n) is 33.4. The number of nitrogens with two attached hydrogens (primary N) is 2. The number of phenols is 2. The molecule has 4 aliphatic rings. The van der Waals surface area contributed by atoms with Crippen LogP contribution in [0.1, 0.15) is 12.6 Å². The van der Waals surface area contributed by atoms with E-state index in [-0.39, 0.29) is 34.6 Å². The first kappa shape index (κ1) is 49.5. The number of carbonyl (C=O) groups is 4. The molecule has 64 heavy (non-hydrogen) atoms. The number of aromatic nitrogens is 1. The quantitative estimate of drug-likeness (QED) is 0.0318. The van der Waals surface area contributed by atoms with Gasteiger partial charge in [-0.1, -0.05) is 5.16 Å². The van der Waals surface area contributed by atoms with Crippen molar-refractivity contribution in [2.75, 3.05) is 43.4 Å². The number of hydrogen-bond donors (Lipinski definition) is 13. The maximum atomic E-state index is 13.4. The van der Waals surface area contributed by atoms with Crippen molar-refractivity contribution in [2.45, 2.75) is 47.7 Å². The monoisotopic (exact) mass is 973 g/mol. The smallest absolute Gasteiger partial charge is 0.352 e. The number of aliphatic hydroxyl groups is 5. The minimum absolute atomic E-state index is 0.0532. The van der Waals surface area contributed by atoms with Crippen LogP contribution in [-0.4, -0.2) is 178 Å². The molecule has 6 rings (SSSR count). The van der Waals surface area contributed by atoms with E-state index in [4.69, 9.17) is 36.7 Å². The molecule has 4 aliphatic heterocycles. The number of carboxylic acid groups (broad SMARTS) is 1. The number of anilines is 1. The van der Waals surface area contributed by atoms with E-state index in [1.807, 2.05) is 0 Å². The number of hydrazine groups is 2. The summed E-state index contributed by atoms with van der Waals surface area (Å²) in [6.45, 7) is 1.18. The number of aliphatic carboxylic acids is 1. The van der Waals surface area contributed by atoms with Crippen LogP contribution in [0.4, 0.5) is 9.93 Å². The molecule has 2 aromatic rings. The molecule has 30 heteroatoms. The molecule has 0 aliphatic carbocycles. The first-order chi connectivity index (χ1) is 30.2. The van der Waals surface area contributed by atoms with Crippen molar-refractivity contribution in [1.82, 2.24) is 36.1 Å². The first-order valence-electron chi connectivity index (χ1n) is 18.3. The van der Waals surface area contributed by atoms with Crippen LogP contribution in [0.3, 0.4) is 0 Å². The summed E-state index contributed by atoms with van der Waals surface area (Å²) >= 11 is 3.42. The number of nitrogens with zero attached hydrogens (tertiary/aromatic N) is 6. The molecule has 1 aromatic carbocycles. The highest BCUT2D eigenvalue weighted by Gasteiger charge is 2.54. The number of allylic oxidation sites excluding steroid dienone is 1. The number of fused-ring (bicyclic) bond motifs is 2. The Bertz CT molecular complexity index is 2410. The van der Waals surface area contributed by atoms with Gasteiger partial charge in [-0.15, -0.1) is 40.4 Å². The lowest BCUT2D eigenvalue weighted by atomic mass is 10.0. The minimum atomic E-state index is -4.22. The number of urea groups is 1. The van der Waals surface area contributed by atoms with Gasteiger partial charge in [-0.05, 0) is 37.8 Å². The summed E-state index contributed by atoms with van der Waals surface area (Å²) in [6, 6.07) is 0.870. The number of nitrogens with one attached hydrogen (secondary N) is 3. The Hall–Kier alpha value is -5.54. The number of thioether (sulfide) groups is 2. The number of aromatic hydroxyl groups is 2. The number of carboxylic acids is 1. The number of amides is 4. The molecule has 15 N–H and O–H groups in total. The average Bonchev–Trinajstić information content (AvgIpc) is 3.89. The lowest BCUT2D eigenvalue weighted by Crippen LogP contribution is -2.71. The van der Waals surface area contributed by atoms with E-state index in [0.29, 0.717) is 22.1 Å². The van der Waals surface area contributed by atoms with Crippen molar-refractivity contribution in [3.05, 3.63) is 63.7 Å². The van der Waals surface area contributed by atoms with Crippen LogP contribution in [0, 0.1) is 0 Å². The number of β-lactam (4-membered cyclic amide) rings is 1. The molecule has 1 saturated heterocycles. The lowest BCUT2D eigenvalue weighted by Gasteiger charge is -2.49. The number of thiazole rings is 1. The van der Waals surface area contributed by atoms with E-state index in [9.17, 15) is 48.0 Å². The van der Waals surface area contributed by atoms with Crippen LogP contribution < -0.4 is 27.6 Å². The topological polar surface area (TPSA) is 409 Å². The molecule has 0 bridgehead atoms. The van der Waals surface area contributed by atoms with E-state index in [1.165, 1.54) is 40.1 Å². The standard InChI is InChI=1S/C27H26N10O10S4.C7H17NO5/c1-11-4-18(37-17(30-11)6-35(34-37)27(29)44)48-7-12-8-49-24-20(23(41)36(24)21(12)25(42)43)32-22(40)19(14-9-50-26(28)31-14)33-47-10-51(45,46)13-2-3-15(38)16(39)5-13;1-8-2-4(10)6(12)7(13)5(11)3-9/h2-6,9,20,24,34,38-39H,7-8,10H2,1H3,(H2,28,31)(H2,29,44)(H,32,40)(H,42,43);4-13H,2-3H2,1H3/b33-19-;/t20-,24-;4-,5+,6+,7+/m10/s1. The van der Waals surface area contributed by atoms with E-state index >= 15 is 0 Å². The second kappa shape index (κ2) is 21.0. The molecule has 4 amide bonds. The molecule has 1 fully saturated rings. The van der Waals surface area contributed by atoms with Crippen LogP contribution in [0.2, 0.25) is 0 Å². The summed E-state index contributed by atoms with van der Waals surface area (Å²) in [5, 5.41) is 86.7. The van der Waals surface area contributed by atoms with Crippen molar-refractivity contribution in [2.24, 2.45) is 15.9 Å². The molecule has 26 nitrogen and oxygen atoms in total. The highest BCUT2D eigenvalue weighted by molar-refractivity contribution is 8.03. The van der Waals surface area contributed by atoms with Crippen molar-refractivity contribution in [1.29, 1.82) is 0 Å². The number of phenolic OH excluding ortho intramolecular Hbond substituents is 2. The zero-order valence-corrected chi connectivity index (χ0v) is 36.6. The summed E-state index contributed by atoms with van der Waals surface area (Å²) < 4.78 is 25.4. The molecule has 6 atom stereocenters. The maximum absolute atomic E-state index is 13.4. The molecule has 0 spiro atoms. The normalized spacial score (nSPS) is 20.3. The van der Waals surface area contributed by atoms with Gasteiger partial charge < -0.3 is 67.8 Å². The molecule has 348 valence electrons. The number of likely N-dealkylation sites (N-methyl/N-ethyl adjacent to an activating group) is 1. The fourth-order valence-electron chi connectivity index (χ4n) is 5.86. The first-order valence-corrected chi connectivity index (χ1v) is 22.9.